The maximum atomic E-state index is 10.6. The Kier molecular flexibility index (Phi) is 3.12. The molecule has 17 heavy (non-hydrogen) atoms. The molecule has 0 bridgehead atoms. The molecule has 0 aliphatic heterocycles. The summed E-state index contributed by atoms with van der Waals surface area (Å²) in [6.07, 6.45) is 0. The van der Waals surface area contributed by atoms with E-state index in [1.165, 1.54) is 11.3 Å². The van der Waals surface area contributed by atoms with Crippen molar-refractivity contribution in [1.82, 2.24) is 4.98 Å². The van der Waals surface area contributed by atoms with Gasteiger partial charge in [0.15, 0.2) is 5.69 Å². The fourth-order valence-corrected chi connectivity index (χ4v) is 2.15. The van der Waals surface area contributed by atoms with Crippen LogP contribution < -0.4 is 5.32 Å². The van der Waals surface area contributed by atoms with Crippen molar-refractivity contribution in [3.8, 4) is 6.07 Å². The summed E-state index contributed by atoms with van der Waals surface area (Å²) in [4.78, 5) is 14.7. The molecular weight excluding hydrogens is 236 g/mol. The first-order valence-corrected chi connectivity index (χ1v) is 5.63. The fourth-order valence-electron chi connectivity index (χ4n) is 1.37. The zero-order chi connectivity index (χ0) is 12.3. The number of thiazole rings is 1. The number of nitroso groups, excluding NO2 is 1. The van der Waals surface area contributed by atoms with E-state index in [1.807, 2.05) is 13.0 Å². The maximum absolute atomic E-state index is 10.6. The van der Waals surface area contributed by atoms with Crippen LogP contribution in [0.4, 0.5) is 16.4 Å². The Hall–Kier alpha value is -2.26. The number of hydrogen-bond acceptors (Lipinski definition) is 6. The Bertz CT molecular complexity index is 600. The molecule has 5 nitrogen and oxygen atoms in total. The van der Waals surface area contributed by atoms with Crippen LogP contribution >= 0.6 is 11.3 Å². The molecule has 0 saturated carbocycles. The second-order valence-electron chi connectivity index (χ2n) is 3.26. The van der Waals surface area contributed by atoms with Gasteiger partial charge in [0.2, 0.25) is 0 Å². The third-order valence-electron chi connectivity index (χ3n) is 2.09. The van der Waals surface area contributed by atoms with Crippen LogP contribution in [-0.4, -0.2) is 4.98 Å². The lowest BCUT2D eigenvalue weighted by atomic mass is 10.2. The average Bonchev–Trinajstić information content (AvgIpc) is 2.70. The van der Waals surface area contributed by atoms with Gasteiger partial charge in [-0.25, -0.2) is 4.98 Å². The number of anilines is 2. The number of aromatic nitrogens is 1. The highest BCUT2D eigenvalue weighted by Crippen LogP contribution is 2.32. The lowest BCUT2D eigenvalue weighted by Gasteiger charge is -2.04. The van der Waals surface area contributed by atoms with Crippen molar-refractivity contribution in [3.63, 3.8) is 0 Å². The highest BCUT2D eigenvalue weighted by atomic mass is 32.1. The number of para-hydroxylation sites is 1. The number of rotatable bonds is 3. The molecule has 84 valence electrons. The van der Waals surface area contributed by atoms with Gasteiger partial charge >= 0.3 is 0 Å². The molecule has 0 unspecified atom stereocenters. The molecule has 0 saturated heterocycles. The molecule has 0 spiro atoms. The first kappa shape index (κ1) is 11.2. The third-order valence-corrected chi connectivity index (χ3v) is 2.98. The number of aryl methyl sites for hydroxylation is 1. The number of nitrogens with zero attached hydrogens (tertiary/aromatic N) is 3. The molecule has 0 aliphatic carbocycles. The standard InChI is InChI=1S/C11H8N4OS/c1-7-13-10(6-12)11(17-7)14-8-4-2-3-5-9(8)15-16/h2-5,14H,1H3. The number of benzene rings is 1. The predicted molar refractivity (Wildman–Crippen MR) is 66.7 cm³/mol. The van der Waals surface area contributed by atoms with Gasteiger partial charge < -0.3 is 5.32 Å². The molecule has 6 heteroatoms. The number of hydrogen-bond donors (Lipinski definition) is 1. The van der Waals surface area contributed by atoms with Crippen molar-refractivity contribution in [3.05, 3.63) is 39.9 Å². The molecule has 1 aromatic heterocycles. The van der Waals surface area contributed by atoms with Gasteiger partial charge in [0.05, 0.1) is 10.7 Å². The molecule has 0 atom stereocenters. The minimum absolute atomic E-state index is 0.308. The minimum Gasteiger partial charge on any atom is -0.343 e. The number of nitrogens with one attached hydrogen (secondary N) is 1. The lowest BCUT2D eigenvalue weighted by molar-refractivity contribution is 1.25. The first-order valence-electron chi connectivity index (χ1n) is 4.81. The van der Waals surface area contributed by atoms with Crippen LogP contribution in [0.15, 0.2) is 29.4 Å². The number of nitriles is 1. The zero-order valence-corrected chi connectivity index (χ0v) is 9.78. The van der Waals surface area contributed by atoms with E-state index in [9.17, 15) is 4.91 Å². The van der Waals surface area contributed by atoms with Gasteiger partial charge in [0.1, 0.15) is 16.8 Å². The van der Waals surface area contributed by atoms with Crippen LogP contribution in [0.3, 0.4) is 0 Å². The highest BCUT2D eigenvalue weighted by molar-refractivity contribution is 7.16. The van der Waals surface area contributed by atoms with Crippen LogP contribution in [0.5, 0.6) is 0 Å². The van der Waals surface area contributed by atoms with Gasteiger partial charge in [-0.2, -0.15) is 5.26 Å². The summed E-state index contributed by atoms with van der Waals surface area (Å²) in [7, 11) is 0. The maximum Gasteiger partial charge on any atom is 0.175 e. The highest BCUT2D eigenvalue weighted by Gasteiger charge is 2.10. The van der Waals surface area contributed by atoms with Crippen molar-refractivity contribution in [2.45, 2.75) is 6.92 Å². The van der Waals surface area contributed by atoms with Gasteiger partial charge in [0.25, 0.3) is 0 Å². The lowest BCUT2D eigenvalue weighted by Crippen LogP contribution is -1.90. The van der Waals surface area contributed by atoms with Crippen LogP contribution in [0, 0.1) is 23.2 Å². The molecule has 2 rings (SSSR count). The fraction of sp³-hybridized carbons (Fsp3) is 0.0909. The summed E-state index contributed by atoms with van der Waals surface area (Å²) in [6.45, 7) is 1.82. The Balaban J connectivity index is 2.38. The smallest absolute Gasteiger partial charge is 0.175 e. The van der Waals surface area contributed by atoms with Gasteiger partial charge in [-0.1, -0.05) is 12.1 Å². The largest absolute Gasteiger partial charge is 0.343 e. The second-order valence-corrected chi connectivity index (χ2v) is 4.46. The third kappa shape index (κ3) is 2.29. The average molecular weight is 244 g/mol. The quantitative estimate of drug-likeness (QED) is 0.838. The van der Waals surface area contributed by atoms with Gasteiger partial charge in [-0.3, -0.25) is 0 Å². The van der Waals surface area contributed by atoms with Crippen molar-refractivity contribution >= 4 is 27.7 Å². The predicted octanol–water partition coefficient (Wildman–Crippen LogP) is 3.46. The minimum atomic E-state index is 0.308. The van der Waals surface area contributed by atoms with E-state index in [0.717, 1.165) is 5.01 Å². The zero-order valence-electron chi connectivity index (χ0n) is 8.97. The van der Waals surface area contributed by atoms with E-state index < -0.39 is 0 Å². The molecule has 1 N–H and O–H groups in total. The topological polar surface area (TPSA) is 78.1 Å². The van der Waals surface area contributed by atoms with Gasteiger partial charge in [-0.05, 0) is 24.2 Å². The van der Waals surface area contributed by atoms with Crippen molar-refractivity contribution in [1.29, 1.82) is 5.26 Å². The summed E-state index contributed by atoms with van der Waals surface area (Å²) in [5, 5.41) is 16.2. The Morgan fingerprint density at radius 2 is 2.24 bits per heavy atom. The van der Waals surface area contributed by atoms with Gasteiger partial charge in [0, 0.05) is 0 Å². The molecule has 0 amide bonds. The molecule has 2 aromatic rings. The molecule has 0 aliphatic rings. The van der Waals surface area contributed by atoms with E-state index in [4.69, 9.17) is 5.26 Å². The Morgan fingerprint density at radius 3 is 2.94 bits per heavy atom. The molecular formula is C11H8N4OS. The molecule has 0 radical (unpaired) electrons. The van der Waals surface area contributed by atoms with Crippen molar-refractivity contribution in [2.75, 3.05) is 5.32 Å². The summed E-state index contributed by atoms with van der Waals surface area (Å²) in [5.41, 5.74) is 1.21. The van der Waals surface area contributed by atoms with Crippen molar-refractivity contribution in [2.24, 2.45) is 5.18 Å². The summed E-state index contributed by atoms with van der Waals surface area (Å²) in [5.74, 6) is 0. The van der Waals surface area contributed by atoms with Crippen LogP contribution in [0.1, 0.15) is 10.7 Å². The SMILES string of the molecule is Cc1nc(C#N)c(Nc2ccccc2N=O)s1. The first-order chi connectivity index (χ1) is 8.24. The van der Waals surface area contributed by atoms with Gasteiger partial charge in [-0.15, -0.1) is 16.2 Å². The van der Waals surface area contributed by atoms with E-state index in [0.29, 0.717) is 22.1 Å². The van der Waals surface area contributed by atoms with E-state index in [2.05, 4.69) is 15.5 Å². The van der Waals surface area contributed by atoms with E-state index in [1.54, 1.807) is 24.3 Å². The molecule has 1 heterocycles. The van der Waals surface area contributed by atoms with E-state index in [-0.39, 0.29) is 0 Å². The van der Waals surface area contributed by atoms with E-state index >= 15 is 0 Å². The molecule has 1 aromatic carbocycles. The summed E-state index contributed by atoms with van der Waals surface area (Å²) < 4.78 is 0. The van der Waals surface area contributed by atoms with Crippen molar-refractivity contribution < 1.29 is 0 Å². The summed E-state index contributed by atoms with van der Waals surface area (Å²) in [6, 6.07) is 8.85. The Morgan fingerprint density at radius 1 is 1.47 bits per heavy atom. The van der Waals surface area contributed by atoms with Crippen LogP contribution in [0.2, 0.25) is 0 Å². The van der Waals surface area contributed by atoms with Crippen LogP contribution in [0.25, 0.3) is 0 Å². The molecule has 0 fully saturated rings. The monoisotopic (exact) mass is 244 g/mol. The van der Waals surface area contributed by atoms with Crippen LogP contribution in [-0.2, 0) is 0 Å². The second kappa shape index (κ2) is 4.72. The normalized spacial score (nSPS) is 9.65. The summed E-state index contributed by atoms with van der Waals surface area (Å²) >= 11 is 1.36. The Labute approximate surface area is 102 Å².